The third-order valence-corrected chi connectivity index (χ3v) is 9.79. The van der Waals surface area contributed by atoms with Gasteiger partial charge in [-0.05, 0) is 74.5 Å². The second kappa shape index (κ2) is 10.9. The third kappa shape index (κ3) is 4.95. The molecule has 210 valence electrons. The minimum Gasteiger partial charge on any atom is -0.197 e. The smallest absolute Gasteiger partial charge is 0.197 e. The van der Waals surface area contributed by atoms with Crippen LogP contribution in [0.25, 0.3) is 53.0 Å². The molecule has 4 aromatic carbocycles. The summed E-state index contributed by atoms with van der Waals surface area (Å²) in [5.41, 5.74) is 7.24. The van der Waals surface area contributed by atoms with Crippen LogP contribution in [0, 0.1) is 5.92 Å². The van der Waals surface area contributed by atoms with E-state index in [-0.39, 0.29) is 5.41 Å². The summed E-state index contributed by atoms with van der Waals surface area (Å²) in [6.07, 6.45) is 6.79. The first-order valence-electron chi connectivity index (χ1n) is 15.6. The Hall–Kier alpha value is -3.23. The van der Waals surface area contributed by atoms with Gasteiger partial charge in [-0.15, -0.1) is 11.3 Å². The lowest BCUT2D eigenvalue weighted by Gasteiger charge is -2.24. The molecule has 6 aromatic rings. The van der Waals surface area contributed by atoms with Crippen LogP contribution in [0.5, 0.6) is 0 Å². The first kappa shape index (κ1) is 27.9. The van der Waals surface area contributed by atoms with Crippen LogP contribution in [0.2, 0.25) is 0 Å². The van der Waals surface area contributed by atoms with E-state index >= 15 is 0 Å². The van der Waals surface area contributed by atoms with Crippen LogP contribution >= 0.6 is 11.3 Å². The second-order valence-corrected chi connectivity index (χ2v) is 14.3. The van der Waals surface area contributed by atoms with Crippen LogP contribution in [0.3, 0.4) is 0 Å². The number of nitrogens with zero attached hydrogens (tertiary/aromatic N) is 1. The van der Waals surface area contributed by atoms with Crippen molar-refractivity contribution in [2.75, 3.05) is 0 Å². The molecule has 0 saturated heterocycles. The first-order valence-corrected chi connectivity index (χ1v) is 16.4. The van der Waals surface area contributed by atoms with E-state index in [1.54, 1.807) is 0 Å². The van der Waals surface area contributed by atoms with Gasteiger partial charge < -0.3 is 0 Å². The number of rotatable bonds is 7. The van der Waals surface area contributed by atoms with Gasteiger partial charge in [0.15, 0.2) is 6.20 Å². The molecule has 0 aliphatic rings. The summed E-state index contributed by atoms with van der Waals surface area (Å²) < 4.78 is 5.39. The molecular formula is C39H44NS+. The van der Waals surface area contributed by atoms with E-state index in [1.165, 1.54) is 69.7 Å². The van der Waals surface area contributed by atoms with E-state index < -0.39 is 0 Å². The number of hydrogen-bond acceptors (Lipinski definition) is 1. The molecule has 0 unspecified atom stereocenters. The number of fused-ring (bicyclic) bond motifs is 6. The largest absolute Gasteiger partial charge is 0.230 e. The maximum absolute atomic E-state index is 2.55. The lowest BCUT2D eigenvalue weighted by atomic mass is 9.80. The van der Waals surface area contributed by atoms with E-state index in [4.69, 9.17) is 0 Å². The van der Waals surface area contributed by atoms with Gasteiger partial charge in [-0.3, -0.25) is 0 Å². The van der Waals surface area contributed by atoms with E-state index in [1.807, 2.05) is 11.3 Å². The number of pyridine rings is 1. The van der Waals surface area contributed by atoms with E-state index in [9.17, 15) is 0 Å². The zero-order valence-electron chi connectivity index (χ0n) is 25.9. The fourth-order valence-corrected chi connectivity index (χ4v) is 8.13. The highest BCUT2D eigenvalue weighted by molar-refractivity contribution is 7.27. The fraction of sp³-hybridized carbons (Fsp3) is 0.359. The predicted octanol–water partition coefficient (Wildman–Crippen LogP) is 11.2. The van der Waals surface area contributed by atoms with Gasteiger partial charge in [0, 0.05) is 28.0 Å². The highest BCUT2D eigenvalue weighted by Crippen LogP contribution is 2.45. The van der Waals surface area contributed by atoms with Crippen LogP contribution in [0.4, 0.5) is 0 Å². The van der Waals surface area contributed by atoms with Crippen molar-refractivity contribution >= 4 is 53.1 Å². The molecule has 41 heavy (non-hydrogen) atoms. The number of aryl methyl sites for hydroxylation is 2. The molecule has 0 N–H and O–H groups in total. The minimum atomic E-state index is 0.0474. The molecule has 2 heterocycles. The van der Waals surface area contributed by atoms with Gasteiger partial charge >= 0.3 is 0 Å². The van der Waals surface area contributed by atoms with Crippen molar-refractivity contribution in [1.29, 1.82) is 0 Å². The Morgan fingerprint density at radius 2 is 1.49 bits per heavy atom. The molecule has 0 fully saturated rings. The number of aromatic nitrogens is 1. The molecule has 0 aliphatic heterocycles. The number of hydrogen-bond donors (Lipinski definition) is 0. The van der Waals surface area contributed by atoms with E-state index in [0.717, 1.165) is 32.2 Å². The second-order valence-electron chi connectivity index (χ2n) is 13.3. The molecule has 2 heteroatoms. The van der Waals surface area contributed by atoms with Gasteiger partial charge in [-0.1, -0.05) is 103 Å². The maximum Gasteiger partial charge on any atom is 0.230 e. The summed E-state index contributed by atoms with van der Waals surface area (Å²) in [6, 6.07) is 25.8. The topological polar surface area (TPSA) is 3.88 Å². The standard InChI is InChI=1S/C39H44NS/c1-8-12-28-29-13-10-11-14-30(29)35(39(5,6)7)24-34(28)36-38-32(19-21-40(36)20-9-2)31-18-17-27-16-15-26(22-25(3)4)23-33(27)37(31)41-38/h10-11,13-19,21,23-25H,8-9,12,20,22H2,1-7H3/q+1. The Morgan fingerprint density at radius 1 is 0.756 bits per heavy atom. The van der Waals surface area contributed by atoms with Crippen molar-refractivity contribution in [3.63, 3.8) is 0 Å². The highest BCUT2D eigenvalue weighted by Gasteiger charge is 2.28. The van der Waals surface area contributed by atoms with Crippen LogP contribution in [-0.2, 0) is 24.8 Å². The Balaban J connectivity index is 1.75. The summed E-state index contributed by atoms with van der Waals surface area (Å²) in [5, 5.41) is 8.34. The van der Waals surface area contributed by atoms with Gasteiger partial charge in [0.25, 0.3) is 0 Å². The quantitative estimate of drug-likeness (QED) is 0.172. The van der Waals surface area contributed by atoms with Crippen molar-refractivity contribution in [3.8, 4) is 11.3 Å². The zero-order chi connectivity index (χ0) is 28.9. The van der Waals surface area contributed by atoms with Crippen molar-refractivity contribution in [1.82, 2.24) is 0 Å². The Morgan fingerprint density at radius 3 is 2.20 bits per heavy atom. The molecule has 0 radical (unpaired) electrons. The Kier molecular flexibility index (Phi) is 7.41. The maximum atomic E-state index is 2.55. The molecule has 0 bridgehead atoms. The molecule has 1 nitrogen and oxygen atoms in total. The van der Waals surface area contributed by atoms with Crippen molar-refractivity contribution in [2.24, 2.45) is 5.92 Å². The average Bonchev–Trinajstić information content (AvgIpc) is 3.32. The van der Waals surface area contributed by atoms with E-state index in [2.05, 4.69) is 126 Å². The van der Waals surface area contributed by atoms with E-state index in [0.29, 0.717) is 5.92 Å². The van der Waals surface area contributed by atoms with Crippen LogP contribution in [0.1, 0.15) is 78.0 Å². The summed E-state index contributed by atoms with van der Waals surface area (Å²) in [7, 11) is 0. The first-order chi connectivity index (χ1) is 19.7. The Bertz CT molecular complexity index is 1900. The summed E-state index contributed by atoms with van der Waals surface area (Å²) in [5.74, 6) is 0.649. The van der Waals surface area contributed by atoms with Crippen molar-refractivity contribution in [2.45, 2.75) is 86.1 Å². The van der Waals surface area contributed by atoms with Crippen LogP contribution in [-0.4, -0.2) is 0 Å². The Labute approximate surface area is 249 Å². The summed E-state index contributed by atoms with van der Waals surface area (Å²) in [6.45, 7) is 17.3. The molecule has 0 atom stereocenters. The van der Waals surface area contributed by atoms with Gasteiger partial charge in [0.2, 0.25) is 5.69 Å². The third-order valence-electron chi connectivity index (χ3n) is 8.53. The van der Waals surface area contributed by atoms with Gasteiger partial charge in [-0.25, -0.2) is 0 Å². The lowest BCUT2D eigenvalue weighted by Crippen LogP contribution is -2.36. The van der Waals surface area contributed by atoms with Crippen LogP contribution in [0.15, 0.2) is 72.9 Å². The number of thiophene rings is 1. The zero-order valence-corrected chi connectivity index (χ0v) is 26.7. The lowest BCUT2D eigenvalue weighted by molar-refractivity contribution is -0.685. The van der Waals surface area contributed by atoms with Crippen LogP contribution < -0.4 is 4.57 Å². The average molecular weight is 559 g/mol. The van der Waals surface area contributed by atoms with Crippen molar-refractivity contribution in [3.05, 3.63) is 89.6 Å². The van der Waals surface area contributed by atoms with Gasteiger partial charge in [0.05, 0.1) is 5.56 Å². The molecule has 0 amide bonds. The molecular weight excluding hydrogens is 515 g/mol. The van der Waals surface area contributed by atoms with Crippen molar-refractivity contribution < 1.29 is 4.57 Å². The summed E-state index contributed by atoms with van der Waals surface area (Å²) in [4.78, 5) is 0. The highest BCUT2D eigenvalue weighted by atomic mass is 32.1. The number of benzene rings is 4. The fourth-order valence-electron chi connectivity index (χ4n) is 6.74. The normalized spacial score (nSPS) is 12.5. The minimum absolute atomic E-state index is 0.0474. The molecule has 0 aliphatic carbocycles. The predicted molar refractivity (Wildman–Crippen MR) is 182 cm³/mol. The van der Waals surface area contributed by atoms with Gasteiger partial charge in [0.1, 0.15) is 11.2 Å². The molecule has 0 spiro atoms. The monoisotopic (exact) mass is 558 g/mol. The molecule has 2 aromatic heterocycles. The molecule has 6 rings (SSSR count). The summed E-state index contributed by atoms with van der Waals surface area (Å²) >= 11 is 2.00. The molecule has 0 saturated carbocycles. The SMILES string of the molecule is CCCc1c(-c2c3sc4c5cc(CC(C)C)ccc5ccc4c3cc[n+]2CCC)cc(C(C)(C)C)c2ccccc12. The van der Waals surface area contributed by atoms with Gasteiger partial charge in [-0.2, -0.15) is 4.57 Å².